The largest absolute Gasteiger partial charge is 0.490 e. The van der Waals surface area contributed by atoms with Crippen LogP contribution in [0.25, 0.3) is 0 Å². The molecular weight excluding hydrogens is 466 g/mol. The van der Waals surface area contributed by atoms with Crippen LogP contribution in [0.3, 0.4) is 0 Å². The zero-order valence-electron chi connectivity index (χ0n) is 21.8. The number of nitrogens with zero attached hydrogens (tertiary/aromatic N) is 2. The number of para-hydroxylation sites is 1. The van der Waals surface area contributed by atoms with Gasteiger partial charge >= 0.3 is 0 Å². The van der Waals surface area contributed by atoms with E-state index >= 15 is 0 Å². The first-order chi connectivity index (χ1) is 18.0. The summed E-state index contributed by atoms with van der Waals surface area (Å²) in [6.45, 7) is 10.1. The molecule has 0 saturated carbocycles. The van der Waals surface area contributed by atoms with Crippen LogP contribution < -0.4 is 19.5 Å². The van der Waals surface area contributed by atoms with E-state index in [0.717, 1.165) is 33.8 Å². The van der Waals surface area contributed by atoms with Crippen molar-refractivity contribution < 1.29 is 19.0 Å². The molecular formula is C30H33N3O4. The van der Waals surface area contributed by atoms with E-state index < -0.39 is 0 Å². The molecule has 0 aliphatic carbocycles. The lowest BCUT2D eigenvalue weighted by atomic mass is 10.1. The second-order valence-electron chi connectivity index (χ2n) is 8.73. The van der Waals surface area contributed by atoms with Crippen molar-refractivity contribution in [1.82, 2.24) is 9.78 Å². The number of ether oxygens (including phenoxy) is 3. The number of rotatable bonds is 11. The highest BCUT2D eigenvalue weighted by atomic mass is 16.5. The van der Waals surface area contributed by atoms with Gasteiger partial charge in [0.05, 0.1) is 31.6 Å². The summed E-state index contributed by atoms with van der Waals surface area (Å²) in [5.74, 6) is 2.15. The highest BCUT2D eigenvalue weighted by molar-refractivity contribution is 6.04. The molecule has 7 nitrogen and oxygen atoms in total. The van der Waals surface area contributed by atoms with Gasteiger partial charge in [0, 0.05) is 11.8 Å². The SMILES string of the molecule is CCOc1ccc(Cn2cc(NC(=O)c3ccc(COc4c(C)cccc4C)cc3)cn2)cc1OCC. The summed E-state index contributed by atoms with van der Waals surface area (Å²) in [7, 11) is 0. The molecule has 0 aliphatic heterocycles. The van der Waals surface area contributed by atoms with E-state index in [4.69, 9.17) is 14.2 Å². The molecule has 0 spiro atoms. The van der Waals surface area contributed by atoms with Crippen molar-refractivity contribution >= 4 is 11.6 Å². The maximum Gasteiger partial charge on any atom is 0.255 e. The Balaban J connectivity index is 1.34. The van der Waals surface area contributed by atoms with E-state index in [2.05, 4.69) is 10.4 Å². The van der Waals surface area contributed by atoms with Gasteiger partial charge in [0.1, 0.15) is 12.4 Å². The molecule has 1 aromatic heterocycles. The highest BCUT2D eigenvalue weighted by Crippen LogP contribution is 2.29. The van der Waals surface area contributed by atoms with Gasteiger partial charge in [0.15, 0.2) is 11.5 Å². The second-order valence-corrected chi connectivity index (χ2v) is 8.73. The third-order valence-corrected chi connectivity index (χ3v) is 5.85. The quantitative estimate of drug-likeness (QED) is 0.267. The van der Waals surface area contributed by atoms with E-state index in [0.29, 0.717) is 43.4 Å². The molecule has 0 atom stereocenters. The standard InChI is InChI=1S/C30H33N3O4/c1-5-35-27-15-12-24(16-28(27)36-6-2)18-33-19-26(17-31-33)32-30(34)25-13-10-23(11-14-25)20-37-29-21(3)8-7-9-22(29)4/h7-17,19H,5-6,18,20H2,1-4H3,(H,32,34). The number of aryl methyl sites for hydroxylation is 2. The molecule has 0 fully saturated rings. The van der Waals surface area contributed by atoms with Crippen LogP contribution in [0.1, 0.15) is 46.5 Å². The normalized spacial score (nSPS) is 10.7. The molecule has 0 unspecified atom stereocenters. The number of carbonyl (C=O) groups excluding carboxylic acids is 1. The van der Waals surface area contributed by atoms with E-state index in [9.17, 15) is 4.79 Å². The fourth-order valence-corrected chi connectivity index (χ4v) is 4.03. The van der Waals surface area contributed by atoms with Gasteiger partial charge in [-0.05, 0) is 74.2 Å². The maximum atomic E-state index is 12.8. The molecule has 1 N–H and O–H groups in total. The summed E-state index contributed by atoms with van der Waals surface area (Å²) in [5, 5.41) is 7.30. The number of hydrogen-bond donors (Lipinski definition) is 1. The lowest BCUT2D eigenvalue weighted by molar-refractivity contribution is 0.102. The average Bonchev–Trinajstić information content (AvgIpc) is 3.32. The van der Waals surface area contributed by atoms with Crippen LogP contribution in [0.2, 0.25) is 0 Å². The van der Waals surface area contributed by atoms with E-state index in [-0.39, 0.29) is 5.91 Å². The summed E-state index contributed by atoms with van der Waals surface area (Å²) in [6.07, 6.45) is 3.45. The Bertz CT molecular complexity index is 1330. The summed E-state index contributed by atoms with van der Waals surface area (Å²) in [4.78, 5) is 12.8. The van der Waals surface area contributed by atoms with E-state index in [1.165, 1.54) is 0 Å². The Labute approximate surface area is 218 Å². The van der Waals surface area contributed by atoms with Gasteiger partial charge in [-0.15, -0.1) is 0 Å². The van der Waals surface area contributed by atoms with Crippen molar-refractivity contribution in [2.75, 3.05) is 18.5 Å². The van der Waals surface area contributed by atoms with Crippen LogP contribution in [0.15, 0.2) is 73.1 Å². The minimum Gasteiger partial charge on any atom is -0.490 e. The summed E-state index contributed by atoms with van der Waals surface area (Å²) in [5.41, 5.74) is 5.42. The minimum absolute atomic E-state index is 0.193. The number of hydrogen-bond acceptors (Lipinski definition) is 5. The smallest absolute Gasteiger partial charge is 0.255 e. The van der Waals surface area contributed by atoms with Gasteiger partial charge < -0.3 is 19.5 Å². The van der Waals surface area contributed by atoms with Gasteiger partial charge in [-0.3, -0.25) is 9.48 Å². The Morgan fingerprint density at radius 3 is 2.24 bits per heavy atom. The van der Waals surface area contributed by atoms with Crippen molar-refractivity contribution in [2.45, 2.75) is 40.8 Å². The van der Waals surface area contributed by atoms with Crippen molar-refractivity contribution in [3.05, 3.63) is 101 Å². The lowest BCUT2D eigenvalue weighted by Gasteiger charge is -2.12. The maximum absolute atomic E-state index is 12.8. The molecule has 7 heteroatoms. The molecule has 1 amide bonds. The Hall–Kier alpha value is -4.26. The lowest BCUT2D eigenvalue weighted by Crippen LogP contribution is -2.11. The average molecular weight is 500 g/mol. The van der Waals surface area contributed by atoms with Gasteiger partial charge in [-0.2, -0.15) is 5.10 Å². The summed E-state index contributed by atoms with van der Waals surface area (Å²) in [6, 6.07) is 19.4. The molecule has 4 rings (SSSR count). The molecule has 0 radical (unpaired) electrons. The highest BCUT2D eigenvalue weighted by Gasteiger charge is 2.11. The van der Waals surface area contributed by atoms with Crippen molar-refractivity contribution in [1.29, 1.82) is 0 Å². The Morgan fingerprint density at radius 1 is 0.865 bits per heavy atom. The fraction of sp³-hybridized carbons (Fsp3) is 0.267. The zero-order valence-corrected chi connectivity index (χ0v) is 21.8. The fourth-order valence-electron chi connectivity index (χ4n) is 4.03. The van der Waals surface area contributed by atoms with E-state index in [1.54, 1.807) is 29.2 Å². The summed E-state index contributed by atoms with van der Waals surface area (Å²) < 4.78 is 19.1. The number of nitrogens with one attached hydrogen (secondary N) is 1. The number of benzene rings is 3. The van der Waals surface area contributed by atoms with Crippen molar-refractivity contribution in [3.8, 4) is 17.2 Å². The molecule has 192 valence electrons. The van der Waals surface area contributed by atoms with Gasteiger partial charge in [-0.25, -0.2) is 0 Å². The number of aromatic nitrogens is 2. The first-order valence-corrected chi connectivity index (χ1v) is 12.5. The zero-order chi connectivity index (χ0) is 26.2. The topological polar surface area (TPSA) is 74.6 Å². The van der Waals surface area contributed by atoms with Crippen molar-refractivity contribution in [3.63, 3.8) is 0 Å². The Morgan fingerprint density at radius 2 is 1.54 bits per heavy atom. The van der Waals surface area contributed by atoms with Crippen LogP contribution in [0, 0.1) is 13.8 Å². The Kier molecular flexibility index (Phi) is 8.46. The van der Waals surface area contributed by atoms with Crippen LogP contribution in [-0.2, 0) is 13.2 Å². The summed E-state index contributed by atoms with van der Waals surface area (Å²) >= 11 is 0. The third-order valence-electron chi connectivity index (χ3n) is 5.85. The predicted molar refractivity (Wildman–Crippen MR) is 145 cm³/mol. The van der Waals surface area contributed by atoms with Crippen molar-refractivity contribution in [2.24, 2.45) is 0 Å². The monoisotopic (exact) mass is 499 g/mol. The molecule has 0 aliphatic rings. The first-order valence-electron chi connectivity index (χ1n) is 12.5. The van der Waals surface area contributed by atoms with Gasteiger partial charge in [0.2, 0.25) is 0 Å². The number of anilines is 1. The van der Waals surface area contributed by atoms with Crippen LogP contribution in [0.5, 0.6) is 17.2 Å². The molecule has 1 heterocycles. The minimum atomic E-state index is -0.193. The molecule has 0 saturated heterocycles. The third kappa shape index (κ3) is 6.70. The number of carbonyl (C=O) groups is 1. The van der Waals surface area contributed by atoms with Crippen LogP contribution in [0.4, 0.5) is 5.69 Å². The molecule has 3 aromatic carbocycles. The van der Waals surface area contributed by atoms with Crippen LogP contribution in [-0.4, -0.2) is 28.9 Å². The molecule has 4 aromatic rings. The predicted octanol–water partition coefficient (Wildman–Crippen LogP) is 6.18. The van der Waals surface area contributed by atoms with Gasteiger partial charge in [-0.1, -0.05) is 36.4 Å². The molecule has 37 heavy (non-hydrogen) atoms. The molecule has 0 bridgehead atoms. The van der Waals surface area contributed by atoms with Gasteiger partial charge in [0.25, 0.3) is 5.91 Å². The first kappa shape index (κ1) is 25.8. The van der Waals surface area contributed by atoms with Crippen LogP contribution >= 0.6 is 0 Å². The van der Waals surface area contributed by atoms with E-state index in [1.807, 2.05) is 76.2 Å². The number of amides is 1. The second kappa shape index (κ2) is 12.1.